The molecule has 76 valence electrons. The van der Waals surface area contributed by atoms with Crippen LogP contribution in [0.2, 0.25) is 0 Å². The Kier molecular flexibility index (Phi) is 1.83. The van der Waals surface area contributed by atoms with Gasteiger partial charge in [-0.25, -0.2) is 0 Å². The lowest BCUT2D eigenvalue weighted by Gasteiger charge is -2.66. The van der Waals surface area contributed by atoms with Gasteiger partial charge in [0.1, 0.15) is 0 Å². The van der Waals surface area contributed by atoms with Gasteiger partial charge in [0, 0.05) is 7.11 Å². The number of fused-ring (bicyclic) bond motifs is 2. The third kappa shape index (κ3) is 0.971. The van der Waals surface area contributed by atoms with E-state index in [0.717, 1.165) is 17.8 Å². The normalized spacial score (nSPS) is 52.8. The summed E-state index contributed by atoms with van der Waals surface area (Å²) >= 11 is 0. The zero-order valence-electron chi connectivity index (χ0n) is 9.55. The molecule has 1 nitrogen and oxygen atoms in total. The molecule has 1 heteroatoms. The van der Waals surface area contributed by atoms with E-state index >= 15 is 0 Å². The SMILES string of the molecule is CO[C@]1(C)[C@H](C)C[C@@H]2C[C@H]1C2(C)C. The van der Waals surface area contributed by atoms with Crippen LogP contribution >= 0.6 is 0 Å². The van der Waals surface area contributed by atoms with Gasteiger partial charge in [-0.1, -0.05) is 20.8 Å². The number of methoxy groups -OCH3 is 1. The van der Waals surface area contributed by atoms with Crippen molar-refractivity contribution in [2.45, 2.75) is 46.1 Å². The molecule has 13 heavy (non-hydrogen) atoms. The molecule has 0 spiro atoms. The van der Waals surface area contributed by atoms with Gasteiger partial charge in [0.05, 0.1) is 5.60 Å². The Hall–Kier alpha value is -0.0400. The van der Waals surface area contributed by atoms with Crippen LogP contribution in [0.25, 0.3) is 0 Å². The molecule has 0 unspecified atom stereocenters. The Morgan fingerprint density at radius 1 is 1.15 bits per heavy atom. The predicted octanol–water partition coefficient (Wildman–Crippen LogP) is 3.09. The highest BCUT2D eigenvalue weighted by atomic mass is 16.5. The number of hydrogen-bond acceptors (Lipinski definition) is 1. The highest BCUT2D eigenvalue weighted by molar-refractivity contribution is 5.11. The highest BCUT2D eigenvalue weighted by Gasteiger charge is 2.62. The molecule has 3 fully saturated rings. The quantitative estimate of drug-likeness (QED) is 0.605. The summed E-state index contributed by atoms with van der Waals surface area (Å²) in [5.41, 5.74) is 0.662. The topological polar surface area (TPSA) is 9.23 Å². The van der Waals surface area contributed by atoms with Crippen molar-refractivity contribution in [3.8, 4) is 0 Å². The van der Waals surface area contributed by atoms with Gasteiger partial charge in [0.15, 0.2) is 0 Å². The maximum atomic E-state index is 5.78. The average Bonchev–Trinajstić information content (AvgIpc) is 2.08. The van der Waals surface area contributed by atoms with E-state index in [0.29, 0.717) is 5.41 Å². The Morgan fingerprint density at radius 3 is 2.15 bits per heavy atom. The van der Waals surface area contributed by atoms with Gasteiger partial charge >= 0.3 is 0 Å². The highest BCUT2D eigenvalue weighted by Crippen LogP contribution is 2.65. The second-order valence-corrected chi connectivity index (χ2v) is 5.83. The van der Waals surface area contributed by atoms with Crippen LogP contribution in [0.4, 0.5) is 0 Å². The maximum Gasteiger partial charge on any atom is 0.0709 e. The molecule has 3 aliphatic carbocycles. The fourth-order valence-corrected chi connectivity index (χ4v) is 3.74. The zero-order chi connectivity index (χ0) is 9.85. The predicted molar refractivity (Wildman–Crippen MR) is 54.6 cm³/mol. The second-order valence-electron chi connectivity index (χ2n) is 5.83. The molecular weight excluding hydrogens is 160 g/mol. The van der Waals surface area contributed by atoms with Crippen molar-refractivity contribution in [1.29, 1.82) is 0 Å². The summed E-state index contributed by atoms with van der Waals surface area (Å²) in [6.45, 7) is 9.47. The fraction of sp³-hybridized carbons (Fsp3) is 1.00. The van der Waals surface area contributed by atoms with Gasteiger partial charge in [-0.3, -0.25) is 0 Å². The van der Waals surface area contributed by atoms with E-state index in [1.807, 2.05) is 7.11 Å². The Bertz CT molecular complexity index is 221. The molecule has 0 saturated heterocycles. The van der Waals surface area contributed by atoms with E-state index in [1.54, 1.807) is 0 Å². The van der Waals surface area contributed by atoms with Crippen LogP contribution in [-0.4, -0.2) is 12.7 Å². The minimum Gasteiger partial charge on any atom is -0.378 e. The second kappa shape index (κ2) is 2.50. The molecule has 0 aliphatic heterocycles. The molecule has 3 aliphatic rings. The van der Waals surface area contributed by atoms with Gasteiger partial charge < -0.3 is 4.74 Å². The lowest BCUT2D eigenvalue weighted by Crippen LogP contribution is -2.64. The van der Waals surface area contributed by atoms with Crippen LogP contribution in [0.15, 0.2) is 0 Å². The van der Waals surface area contributed by atoms with Crippen molar-refractivity contribution in [2.24, 2.45) is 23.2 Å². The van der Waals surface area contributed by atoms with E-state index in [1.165, 1.54) is 12.8 Å². The molecule has 0 aromatic heterocycles. The van der Waals surface area contributed by atoms with E-state index < -0.39 is 0 Å². The largest absolute Gasteiger partial charge is 0.378 e. The lowest BCUT2D eigenvalue weighted by molar-refractivity contribution is -0.233. The van der Waals surface area contributed by atoms with Crippen LogP contribution in [0.1, 0.15) is 40.5 Å². The first-order valence-electron chi connectivity index (χ1n) is 5.48. The monoisotopic (exact) mass is 182 g/mol. The summed E-state index contributed by atoms with van der Waals surface area (Å²) < 4.78 is 5.78. The Morgan fingerprint density at radius 2 is 1.77 bits per heavy atom. The molecule has 0 amide bonds. The standard InChI is InChI=1S/C12H22O/c1-8-6-9-7-10(11(9,2)3)12(8,4)13-5/h8-10H,6-7H2,1-5H3/t8-,9-,10+,12-/m1/s1. The molecule has 0 radical (unpaired) electrons. The number of rotatable bonds is 1. The van der Waals surface area contributed by atoms with E-state index in [4.69, 9.17) is 4.74 Å². The van der Waals surface area contributed by atoms with Gasteiger partial charge in [-0.15, -0.1) is 0 Å². The van der Waals surface area contributed by atoms with Gasteiger partial charge in [-0.2, -0.15) is 0 Å². The van der Waals surface area contributed by atoms with Crippen molar-refractivity contribution in [1.82, 2.24) is 0 Å². The van der Waals surface area contributed by atoms with Crippen molar-refractivity contribution < 1.29 is 4.74 Å². The van der Waals surface area contributed by atoms with Crippen LogP contribution in [-0.2, 0) is 4.74 Å². The van der Waals surface area contributed by atoms with Crippen LogP contribution in [0, 0.1) is 23.2 Å². The summed E-state index contributed by atoms with van der Waals surface area (Å²) in [4.78, 5) is 0. The lowest BCUT2D eigenvalue weighted by atomic mass is 9.42. The van der Waals surface area contributed by atoms with Crippen molar-refractivity contribution >= 4 is 0 Å². The molecule has 4 atom stereocenters. The van der Waals surface area contributed by atoms with Gasteiger partial charge in [0.2, 0.25) is 0 Å². The zero-order valence-corrected chi connectivity index (χ0v) is 9.55. The van der Waals surface area contributed by atoms with Crippen molar-refractivity contribution in [2.75, 3.05) is 7.11 Å². The van der Waals surface area contributed by atoms with E-state index in [-0.39, 0.29) is 5.60 Å². The molecule has 0 aromatic rings. The summed E-state index contributed by atoms with van der Waals surface area (Å²) in [6, 6.07) is 0. The average molecular weight is 182 g/mol. The minimum absolute atomic E-state index is 0.137. The van der Waals surface area contributed by atoms with E-state index in [2.05, 4.69) is 27.7 Å². The van der Waals surface area contributed by atoms with Crippen molar-refractivity contribution in [3.05, 3.63) is 0 Å². The van der Waals surface area contributed by atoms with Crippen LogP contribution < -0.4 is 0 Å². The molecule has 0 N–H and O–H groups in total. The van der Waals surface area contributed by atoms with Gasteiger partial charge in [-0.05, 0) is 42.9 Å². The fourth-order valence-electron chi connectivity index (χ4n) is 3.74. The molecule has 0 aromatic carbocycles. The van der Waals surface area contributed by atoms with Crippen LogP contribution in [0.5, 0.6) is 0 Å². The number of ether oxygens (including phenoxy) is 1. The molecule has 3 rings (SSSR count). The summed E-state index contributed by atoms with van der Waals surface area (Å²) in [5.74, 6) is 2.46. The summed E-state index contributed by atoms with van der Waals surface area (Å²) in [5, 5.41) is 0. The molecular formula is C12H22O. The molecule has 2 bridgehead atoms. The summed E-state index contributed by atoms with van der Waals surface area (Å²) in [6.07, 6.45) is 2.75. The Balaban J connectivity index is 2.27. The maximum absolute atomic E-state index is 5.78. The van der Waals surface area contributed by atoms with Gasteiger partial charge in [0.25, 0.3) is 0 Å². The van der Waals surface area contributed by atoms with Crippen LogP contribution in [0.3, 0.4) is 0 Å². The first-order valence-corrected chi connectivity index (χ1v) is 5.48. The van der Waals surface area contributed by atoms with E-state index in [9.17, 15) is 0 Å². The first-order chi connectivity index (χ1) is 5.93. The van der Waals surface area contributed by atoms with Crippen molar-refractivity contribution in [3.63, 3.8) is 0 Å². The number of hydrogen-bond donors (Lipinski definition) is 0. The molecule has 0 heterocycles. The third-order valence-electron chi connectivity index (χ3n) is 5.22. The smallest absolute Gasteiger partial charge is 0.0709 e. The molecule has 3 saturated carbocycles. The summed E-state index contributed by atoms with van der Waals surface area (Å²) in [7, 11) is 1.88. The third-order valence-corrected chi connectivity index (χ3v) is 5.22. The first kappa shape index (κ1) is 9.51. The Labute approximate surface area is 81.9 Å². The minimum atomic E-state index is 0.137.